The summed E-state index contributed by atoms with van der Waals surface area (Å²) >= 11 is 1.77. The number of aromatic nitrogens is 1. The van der Waals surface area contributed by atoms with Gasteiger partial charge in [-0.3, -0.25) is 4.90 Å². The van der Waals surface area contributed by atoms with Crippen molar-refractivity contribution in [3.63, 3.8) is 0 Å². The highest BCUT2D eigenvalue weighted by atomic mass is 32.1. The van der Waals surface area contributed by atoms with Crippen LogP contribution in [0.15, 0.2) is 29.6 Å². The van der Waals surface area contributed by atoms with Gasteiger partial charge in [0.25, 0.3) is 0 Å². The van der Waals surface area contributed by atoms with Crippen LogP contribution in [0.25, 0.3) is 11.3 Å². The summed E-state index contributed by atoms with van der Waals surface area (Å²) in [5.41, 5.74) is 8.83. The largest absolute Gasteiger partial charge is 0.399 e. The fraction of sp³-hybridized carbons (Fsp3) is 0.500. The lowest BCUT2D eigenvalue weighted by atomic mass is 10.00. The second-order valence-corrected chi connectivity index (χ2v) is 7.04. The number of hydrogen-bond acceptors (Lipinski definition) is 4. The number of nitrogen functional groups attached to an aromatic ring is 1. The Labute approximate surface area is 137 Å². The van der Waals surface area contributed by atoms with Gasteiger partial charge in [-0.15, -0.1) is 11.3 Å². The molecule has 1 atom stereocenters. The van der Waals surface area contributed by atoms with Gasteiger partial charge in [-0.2, -0.15) is 0 Å². The van der Waals surface area contributed by atoms with Crippen LogP contribution in [0.1, 0.15) is 37.6 Å². The van der Waals surface area contributed by atoms with Crippen LogP contribution in [0.2, 0.25) is 0 Å². The molecule has 3 rings (SSSR count). The Morgan fingerprint density at radius 1 is 1.36 bits per heavy atom. The molecule has 0 bridgehead atoms. The van der Waals surface area contributed by atoms with E-state index in [1.54, 1.807) is 11.3 Å². The third-order valence-electron chi connectivity index (χ3n) is 4.57. The van der Waals surface area contributed by atoms with Gasteiger partial charge in [0, 0.05) is 35.6 Å². The molecule has 0 aliphatic carbocycles. The normalized spacial score (nSPS) is 19.4. The maximum absolute atomic E-state index is 5.86. The fourth-order valence-corrected chi connectivity index (χ4v) is 4.11. The Hall–Kier alpha value is -1.39. The zero-order chi connectivity index (χ0) is 15.4. The molecule has 118 valence electrons. The summed E-state index contributed by atoms with van der Waals surface area (Å²) in [5, 5.41) is 3.38. The lowest BCUT2D eigenvalue weighted by molar-refractivity contribution is 0.146. The molecule has 0 amide bonds. The smallest absolute Gasteiger partial charge is 0.0945 e. The highest BCUT2D eigenvalue weighted by Crippen LogP contribution is 2.25. The Kier molecular flexibility index (Phi) is 5.11. The summed E-state index contributed by atoms with van der Waals surface area (Å²) in [6.45, 7) is 4.71. The highest BCUT2D eigenvalue weighted by molar-refractivity contribution is 7.09. The maximum Gasteiger partial charge on any atom is 0.0945 e. The van der Waals surface area contributed by atoms with Crippen LogP contribution in [0.4, 0.5) is 5.69 Å². The molecular formula is C18H25N3S. The number of likely N-dealkylation sites (tertiary alicyclic amines) is 1. The summed E-state index contributed by atoms with van der Waals surface area (Å²) < 4.78 is 0. The van der Waals surface area contributed by atoms with Crippen molar-refractivity contribution in [1.82, 2.24) is 9.88 Å². The van der Waals surface area contributed by atoms with E-state index in [0.29, 0.717) is 0 Å². The Balaban J connectivity index is 1.62. The van der Waals surface area contributed by atoms with Crippen molar-refractivity contribution in [3.05, 3.63) is 34.7 Å². The second-order valence-electron chi connectivity index (χ2n) is 6.10. The molecule has 1 fully saturated rings. The van der Waals surface area contributed by atoms with E-state index in [9.17, 15) is 0 Å². The van der Waals surface area contributed by atoms with Crippen LogP contribution in [0.3, 0.4) is 0 Å². The van der Waals surface area contributed by atoms with Gasteiger partial charge in [-0.25, -0.2) is 4.98 Å². The van der Waals surface area contributed by atoms with Crippen LogP contribution in [-0.4, -0.2) is 29.0 Å². The molecule has 4 heteroatoms. The molecule has 2 N–H and O–H groups in total. The minimum Gasteiger partial charge on any atom is -0.399 e. The number of anilines is 1. The number of benzene rings is 1. The van der Waals surface area contributed by atoms with Crippen LogP contribution >= 0.6 is 11.3 Å². The number of hydrogen-bond donors (Lipinski definition) is 1. The molecule has 22 heavy (non-hydrogen) atoms. The first kappa shape index (κ1) is 15.5. The van der Waals surface area contributed by atoms with Crippen LogP contribution in [0.5, 0.6) is 0 Å². The van der Waals surface area contributed by atoms with Gasteiger partial charge in [0.1, 0.15) is 0 Å². The molecule has 3 nitrogen and oxygen atoms in total. The van der Waals surface area contributed by atoms with Crippen molar-refractivity contribution < 1.29 is 0 Å². The van der Waals surface area contributed by atoms with E-state index in [1.165, 1.54) is 37.2 Å². The van der Waals surface area contributed by atoms with Gasteiger partial charge >= 0.3 is 0 Å². The Bertz CT molecular complexity index is 608. The molecule has 0 saturated carbocycles. The van der Waals surface area contributed by atoms with Crippen molar-refractivity contribution in [2.75, 3.05) is 18.8 Å². The fourth-order valence-electron chi connectivity index (χ4n) is 3.31. The minimum atomic E-state index is 0.780. The predicted molar refractivity (Wildman–Crippen MR) is 95.2 cm³/mol. The van der Waals surface area contributed by atoms with Gasteiger partial charge in [-0.05, 0) is 37.9 Å². The van der Waals surface area contributed by atoms with Gasteiger partial charge in [0.2, 0.25) is 0 Å². The van der Waals surface area contributed by atoms with Gasteiger partial charge in [-0.1, -0.05) is 25.5 Å². The van der Waals surface area contributed by atoms with E-state index in [1.807, 2.05) is 18.2 Å². The number of thiazole rings is 1. The third-order valence-corrected chi connectivity index (χ3v) is 5.48. The minimum absolute atomic E-state index is 0.780. The second kappa shape index (κ2) is 7.25. The number of rotatable bonds is 5. The lowest BCUT2D eigenvalue weighted by Crippen LogP contribution is -2.40. The van der Waals surface area contributed by atoms with Crippen LogP contribution < -0.4 is 5.73 Å². The van der Waals surface area contributed by atoms with Gasteiger partial charge in [0.05, 0.1) is 10.7 Å². The first-order chi connectivity index (χ1) is 10.8. The first-order valence-electron chi connectivity index (χ1n) is 8.30. The van der Waals surface area contributed by atoms with Gasteiger partial charge in [0.15, 0.2) is 0 Å². The zero-order valence-electron chi connectivity index (χ0n) is 13.3. The van der Waals surface area contributed by atoms with Crippen molar-refractivity contribution >= 4 is 17.0 Å². The monoisotopic (exact) mass is 315 g/mol. The Morgan fingerprint density at radius 2 is 2.27 bits per heavy atom. The van der Waals surface area contributed by atoms with Crippen LogP contribution in [0, 0.1) is 0 Å². The highest BCUT2D eigenvalue weighted by Gasteiger charge is 2.20. The molecule has 1 saturated heterocycles. The molecule has 0 spiro atoms. The van der Waals surface area contributed by atoms with E-state index < -0.39 is 0 Å². The molecule has 1 aliphatic rings. The molecule has 2 heterocycles. The van der Waals surface area contributed by atoms with E-state index in [4.69, 9.17) is 10.7 Å². The molecule has 1 aromatic heterocycles. The average molecular weight is 315 g/mol. The van der Waals surface area contributed by atoms with Crippen molar-refractivity contribution in [2.24, 2.45) is 0 Å². The summed E-state index contributed by atoms with van der Waals surface area (Å²) in [6, 6.07) is 8.76. The molecule has 2 aromatic rings. The SMILES string of the molecule is CCC1CCCCN1CCc1nc(-c2cccc(N)c2)cs1. The van der Waals surface area contributed by atoms with Crippen molar-refractivity contribution in [2.45, 2.75) is 45.1 Å². The summed E-state index contributed by atoms with van der Waals surface area (Å²) in [4.78, 5) is 7.45. The number of piperidine rings is 1. The van der Waals surface area contributed by atoms with E-state index >= 15 is 0 Å². The molecule has 0 radical (unpaired) electrons. The maximum atomic E-state index is 5.86. The van der Waals surface area contributed by atoms with Gasteiger partial charge < -0.3 is 5.73 Å². The molecule has 1 unspecified atom stereocenters. The predicted octanol–water partition coefficient (Wildman–Crippen LogP) is 4.20. The molecule has 1 aromatic carbocycles. The van der Waals surface area contributed by atoms with Crippen LogP contribution in [-0.2, 0) is 6.42 Å². The average Bonchev–Trinajstić information content (AvgIpc) is 3.02. The van der Waals surface area contributed by atoms with E-state index in [2.05, 4.69) is 23.3 Å². The summed E-state index contributed by atoms with van der Waals surface area (Å²) in [5.74, 6) is 0. The van der Waals surface area contributed by atoms with E-state index in [-0.39, 0.29) is 0 Å². The lowest BCUT2D eigenvalue weighted by Gasteiger charge is -2.34. The Morgan fingerprint density at radius 3 is 3.09 bits per heavy atom. The first-order valence-corrected chi connectivity index (χ1v) is 9.18. The number of nitrogens with two attached hydrogens (primary N) is 1. The van der Waals surface area contributed by atoms with Crippen molar-refractivity contribution in [3.8, 4) is 11.3 Å². The third kappa shape index (κ3) is 3.68. The van der Waals surface area contributed by atoms with Crippen molar-refractivity contribution in [1.29, 1.82) is 0 Å². The topological polar surface area (TPSA) is 42.2 Å². The number of nitrogens with zero attached hydrogens (tertiary/aromatic N) is 2. The summed E-state index contributed by atoms with van der Waals surface area (Å²) in [6.07, 6.45) is 6.44. The molecular weight excluding hydrogens is 290 g/mol. The zero-order valence-corrected chi connectivity index (χ0v) is 14.1. The quantitative estimate of drug-likeness (QED) is 0.841. The molecule has 1 aliphatic heterocycles. The standard InChI is InChI=1S/C18H25N3S/c1-2-16-8-3-4-10-21(16)11-9-18-20-17(13-22-18)14-6-5-7-15(19)12-14/h5-7,12-13,16H,2-4,8-11,19H2,1H3. The van der Waals surface area contributed by atoms with E-state index in [0.717, 1.165) is 36.0 Å². The summed E-state index contributed by atoms with van der Waals surface area (Å²) in [7, 11) is 0.